The summed E-state index contributed by atoms with van der Waals surface area (Å²) in [6.45, 7) is 5.96. The van der Waals surface area contributed by atoms with Crippen molar-refractivity contribution in [3.63, 3.8) is 0 Å². The molecule has 2 fully saturated rings. The molecule has 0 bridgehead atoms. The number of fused-ring (bicyclic) bond motifs is 2. The number of benzene rings is 2. The standard InChI is InChI=1S/C21H26N4O/c1-15-19-20(24-11-13-26-14-12-24)17-9-5-6-10-18(17)22-21(19)25(23-15)16-7-3-2-4-8-16/h2-10,15,19-23H,11-14H2,1H3. The number of ether oxygens (including phenoxy) is 1. The van der Waals surface area contributed by atoms with E-state index >= 15 is 0 Å². The molecule has 4 atom stereocenters. The second-order valence-corrected chi connectivity index (χ2v) is 7.47. The Bertz CT molecular complexity index is 762. The van der Waals surface area contributed by atoms with Gasteiger partial charge < -0.3 is 10.1 Å². The lowest BCUT2D eigenvalue weighted by atomic mass is 9.81. The van der Waals surface area contributed by atoms with E-state index in [0.29, 0.717) is 18.0 Å². The summed E-state index contributed by atoms with van der Waals surface area (Å²) in [6, 6.07) is 20.2. The molecular weight excluding hydrogens is 324 g/mol. The van der Waals surface area contributed by atoms with Crippen LogP contribution in [0, 0.1) is 5.92 Å². The van der Waals surface area contributed by atoms with Gasteiger partial charge in [0.2, 0.25) is 0 Å². The number of nitrogens with one attached hydrogen (secondary N) is 2. The van der Waals surface area contributed by atoms with Crippen LogP contribution in [-0.4, -0.2) is 43.4 Å². The highest BCUT2D eigenvalue weighted by Gasteiger charge is 2.49. The topological polar surface area (TPSA) is 39.8 Å². The lowest BCUT2D eigenvalue weighted by Gasteiger charge is -2.45. The van der Waals surface area contributed by atoms with E-state index in [4.69, 9.17) is 4.74 Å². The van der Waals surface area contributed by atoms with Gasteiger partial charge in [0.15, 0.2) is 0 Å². The maximum absolute atomic E-state index is 5.62. The van der Waals surface area contributed by atoms with Crippen molar-refractivity contribution in [1.29, 1.82) is 0 Å². The third-order valence-electron chi connectivity index (χ3n) is 5.98. The molecule has 3 aliphatic heterocycles. The molecule has 4 unspecified atom stereocenters. The summed E-state index contributed by atoms with van der Waals surface area (Å²) in [7, 11) is 0. The van der Waals surface area contributed by atoms with Crippen LogP contribution in [0.3, 0.4) is 0 Å². The number of nitrogens with zero attached hydrogens (tertiary/aromatic N) is 2. The normalized spacial score (nSPS) is 31.2. The quantitative estimate of drug-likeness (QED) is 0.872. The zero-order chi connectivity index (χ0) is 17.5. The van der Waals surface area contributed by atoms with Crippen molar-refractivity contribution in [3.05, 3.63) is 60.2 Å². The van der Waals surface area contributed by atoms with E-state index in [0.717, 1.165) is 26.3 Å². The van der Waals surface area contributed by atoms with Crippen LogP contribution in [0.15, 0.2) is 54.6 Å². The minimum absolute atomic E-state index is 0.232. The highest BCUT2D eigenvalue weighted by atomic mass is 16.5. The molecule has 2 aromatic rings. The first-order valence-corrected chi connectivity index (χ1v) is 9.60. The maximum Gasteiger partial charge on any atom is 0.120 e. The Balaban J connectivity index is 1.56. The van der Waals surface area contributed by atoms with Crippen LogP contribution in [-0.2, 0) is 4.74 Å². The van der Waals surface area contributed by atoms with Crippen molar-refractivity contribution in [1.82, 2.24) is 10.3 Å². The van der Waals surface area contributed by atoms with Crippen molar-refractivity contribution in [2.24, 2.45) is 5.92 Å². The van der Waals surface area contributed by atoms with Crippen molar-refractivity contribution < 1.29 is 4.74 Å². The van der Waals surface area contributed by atoms with Gasteiger partial charge in [0.1, 0.15) is 6.17 Å². The Kier molecular flexibility index (Phi) is 4.08. The van der Waals surface area contributed by atoms with Gasteiger partial charge in [0.25, 0.3) is 0 Å². The zero-order valence-electron chi connectivity index (χ0n) is 15.1. The highest BCUT2D eigenvalue weighted by Crippen LogP contribution is 2.46. The van der Waals surface area contributed by atoms with Crippen LogP contribution < -0.4 is 15.8 Å². The molecular formula is C21H26N4O. The molecule has 3 heterocycles. The minimum Gasteiger partial charge on any atom is -0.379 e. The fourth-order valence-electron chi connectivity index (χ4n) is 4.81. The molecule has 0 amide bonds. The summed E-state index contributed by atoms with van der Waals surface area (Å²) >= 11 is 0. The highest BCUT2D eigenvalue weighted by molar-refractivity contribution is 5.60. The number of hydrazine groups is 1. The van der Waals surface area contributed by atoms with Gasteiger partial charge >= 0.3 is 0 Å². The summed E-state index contributed by atoms with van der Waals surface area (Å²) in [5, 5.41) is 6.13. The third kappa shape index (κ3) is 2.58. The van der Waals surface area contributed by atoms with Gasteiger partial charge in [0, 0.05) is 36.8 Å². The summed E-state index contributed by atoms with van der Waals surface area (Å²) in [5.41, 5.74) is 7.60. The zero-order valence-corrected chi connectivity index (χ0v) is 15.1. The molecule has 2 saturated heterocycles. The molecule has 2 N–H and O–H groups in total. The predicted octanol–water partition coefficient (Wildman–Crippen LogP) is 2.84. The Morgan fingerprint density at radius 1 is 0.962 bits per heavy atom. The fourth-order valence-corrected chi connectivity index (χ4v) is 4.81. The number of hydrogen-bond donors (Lipinski definition) is 2. The van der Waals surface area contributed by atoms with Gasteiger partial charge in [-0.25, -0.2) is 5.43 Å². The van der Waals surface area contributed by atoms with Crippen LogP contribution >= 0.6 is 0 Å². The number of anilines is 2. The number of para-hydroxylation sites is 2. The summed E-state index contributed by atoms with van der Waals surface area (Å²) in [4.78, 5) is 2.62. The van der Waals surface area contributed by atoms with Gasteiger partial charge in [0.05, 0.1) is 18.9 Å². The lowest BCUT2D eigenvalue weighted by molar-refractivity contribution is -0.00160. The monoisotopic (exact) mass is 350 g/mol. The van der Waals surface area contributed by atoms with E-state index in [1.54, 1.807) is 0 Å². The molecule has 0 spiro atoms. The van der Waals surface area contributed by atoms with Crippen molar-refractivity contribution in [2.45, 2.75) is 25.2 Å². The SMILES string of the molecule is CC1NN(c2ccccc2)C2Nc3ccccc3C(N3CCOCC3)C12. The van der Waals surface area contributed by atoms with Gasteiger partial charge in [-0.1, -0.05) is 36.4 Å². The molecule has 0 aliphatic carbocycles. The maximum atomic E-state index is 5.62. The second kappa shape index (κ2) is 6.58. The second-order valence-electron chi connectivity index (χ2n) is 7.47. The average molecular weight is 350 g/mol. The van der Waals surface area contributed by atoms with Gasteiger partial charge in [-0.05, 0) is 30.7 Å². The predicted molar refractivity (Wildman–Crippen MR) is 104 cm³/mol. The molecule has 136 valence electrons. The van der Waals surface area contributed by atoms with Crippen LogP contribution in [0.5, 0.6) is 0 Å². The first-order valence-electron chi connectivity index (χ1n) is 9.60. The van der Waals surface area contributed by atoms with Crippen LogP contribution in [0.1, 0.15) is 18.5 Å². The number of rotatable bonds is 2. The molecule has 0 saturated carbocycles. The van der Waals surface area contributed by atoms with Crippen molar-refractivity contribution in [3.8, 4) is 0 Å². The summed E-state index contributed by atoms with van der Waals surface area (Å²) in [5.74, 6) is 0.461. The third-order valence-corrected chi connectivity index (χ3v) is 5.98. The van der Waals surface area contributed by atoms with Crippen LogP contribution in [0.2, 0.25) is 0 Å². The molecule has 0 radical (unpaired) electrons. The Labute approximate surface area is 154 Å². The molecule has 0 aromatic heterocycles. The average Bonchev–Trinajstić information content (AvgIpc) is 3.04. The van der Waals surface area contributed by atoms with E-state index < -0.39 is 0 Å². The Morgan fingerprint density at radius 2 is 1.69 bits per heavy atom. The van der Waals surface area contributed by atoms with Gasteiger partial charge in [-0.15, -0.1) is 0 Å². The first kappa shape index (κ1) is 16.1. The molecule has 5 nitrogen and oxygen atoms in total. The van der Waals surface area contributed by atoms with E-state index in [1.807, 2.05) is 0 Å². The Hall–Kier alpha value is -2.08. The molecule has 5 rings (SSSR count). The van der Waals surface area contributed by atoms with E-state index in [9.17, 15) is 0 Å². The minimum atomic E-state index is 0.232. The van der Waals surface area contributed by atoms with Gasteiger partial charge in [-0.3, -0.25) is 9.91 Å². The lowest BCUT2D eigenvalue weighted by Crippen LogP contribution is -2.52. The van der Waals surface area contributed by atoms with Gasteiger partial charge in [-0.2, -0.15) is 0 Å². The molecule has 3 aliphatic rings. The van der Waals surface area contributed by atoms with Crippen LogP contribution in [0.4, 0.5) is 11.4 Å². The van der Waals surface area contributed by atoms with E-state index in [2.05, 4.69) is 82.2 Å². The summed E-state index contributed by atoms with van der Waals surface area (Å²) in [6.07, 6.45) is 0.232. The van der Waals surface area contributed by atoms with Crippen molar-refractivity contribution in [2.75, 3.05) is 36.6 Å². The molecule has 26 heavy (non-hydrogen) atoms. The van der Waals surface area contributed by atoms with E-state index in [-0.39, 0.29) is 6.17 Å². The first-order chi connectivity index (χ1) is 12.8. The van der Waals surface area contributed by atoms with E-state index in [1.165, 1.54) is 16.9 Å². The molecule has 5 heteroatoms. The number of morpholine rings is 1. The summed E-state index contributed by atoms with van der Waals surface area (Å²) < 4.78 is 5.62. The largest absolute Gasteiger partial charge is 0.379 e. The fraction of sp³-hybridized carbons (Fsp3) is 0.429. The Morgan fingerprint density at radius 3 is 2.50 bits per heavy atom. The smallest absolute Gasteiger partial charge is 0.120 e. The molecule has 2 aromatic carbocycles. The van der Waals surface area contributed by atoms with Crippen molar-refractivity contribution >= 4 is 11.4 Å². The van der Waals surface area contributed by atoms with Crippen LogP contribution in [0.25, 0.3) is 0 Å². The number of hydrogen-bond acceptors (Lipinski definition) is 5.